The van der Waals surface area contributed by atoms with Gasteiger partial charge in [0.25, 0.3) is 0 Å². The number of thioether (sulfide) groups is 1. The number of carbonyl (C=O) groups is 1. The largest absolute Gasteiger partial charge is 0.476 e. The second-order valence-corrected chi connectivity index (χ2v) is 5.60. The van der Waals surface area contributed by atoms with Gasteiger partial charge in [0.05, 0.1) is 10.2 Å². The fourth-order valence-electron chi connectivity index (χ4n) is 0.958. The summed E-state index contributed by atoms with van der Waals surface area (Å²) in [6, 6.07) is 0. The second-order valence-electron chi connectivity index (χ2n) is 3.32. The smallest absolute Gasteiger partial charge is 0.355 e. The highest BCUT2D eigenvalue weighted by Crippen LogP contribution is 2.19. The van der Waals surface area contributed by atoms with Crippen molar-refractivity contribution in [2.45, 2.75) is 31.3 Å². The number of carboxylic acids is 1. The van der Waals surface area contributed by atoms with Crippen LogP contribution < -0.4 is 0 Å². The topological polar surface area (TPSA) is 63.1 Å². The van der Waals surface area contributed by atoms with E-state index in [4.69, 9.17) is 5.11 Å². The molecule has 0 aliphatic carbocycles. The quantitative estimate of drug-likeness (QED) is 0.906. The zero-order valence-corrected chi connectivity index (χ0v) is 11.5. The van der Waals surface area contributed by atoms with Gasteiger partial charge in [0.15, 0.2) is 5.69 Å². The van der Waals surface area contributed by atoms with Gasteiger partial charge in [-0.3, -0.25) is 0 Å². The first kappa shape index (κ1) is 13.4. The van der Waals surface area contributed by atoms with Crippen molar-refractivity contribution in [2.75, 3.05) is 0 Å². The van der Waals surface area contributed by atoms with E-state index in [2.05, 4.69) is 39.7 Å². The second kappa shape index (κ2) is 6.20. The highest BCUT2D eigenvalue weighted by atomic mass is 79.9. The highest BCUT2D eigenvalue weighted by Gasteiger charge is 2.12. The molecule has 0 aromatic carbocycles. The minimum absolute atomic E-state index is 0.0229. The predicted molar refractivity (Wildman–Crippen MR) is 67.7 cm³/mol. The average Bonchev–Trinajstić information content (AvgIpc) is 2.27. The Morgan fingerprint density at radius 2 is 2.38 bits per heavy atom. The lowest BCUT2D eigenvalue weighted by atomic mass is 10.4. The molecular weight excluding hydrogens is 292 g/mol. The van der Waals surface area contributed by atoms with Gasteiger partial charge in [-0.2, -0.15) is 11.8 Å². The lowest BCUT2D eigenvalue weighted by molar-refractivity contribution is 0.0689. The van der Waals surface area contributed by atoms with Crippen molar-refractivity contribution >= 4 is 33.7 Å². The van der Waals surface area contributed by atoms with Crippen LogP contribution in [0.25, 0.3) is 0 Å². The molecular formula is C10H13BrN2O2S. The molecule has 0 aliphatic rings. The molecule has 0 fully saturated rings. The minimum atomic E-state index is -1.04. The van der Waals surface area contributed by atoms with E-state index in [1.165, 1.54) is 6.20 Å². The summed E-state index contributed by atoms with van der Waals surface area (Å²) in [5, 5.41) is 9.41. The molecule has 16 heavy (non-hydrogen) atoms. The van der Waals surface area contributed by atoms with Gasteiger partial charge in [0, 0.05) is 11.4 Å². The Morgan fingerprint density at radius 1 is 1.69 bits per heavy atom. The summed E-state index contributed by atoms with van der Waals surface area (Å²) in [5.74, 6) is 0.165. The van der Waals surface area contributed by atoms with Crippen molar-refractivity contribution in [1.29, 1.82) is 0 Å². The van der Waals surface area contributed by atoms with Crippen molar-refractivity contribution < 1.29 is 9.90 Å². The molecule has 88 valence electrons. The van der Waals surface area contributed by atoms with Crippen molar-refractivity contribution in [1.82, 2.24) is 9.97 Å². The number of rotatable bonds is 5. The van der Waals surface area contributed by atoms with Crippen LogP contribution in [0.1, 0.15) is 36.6 Å². The van der Waals surface area contributed by atoms with E-state index in [1.54, 1.807) is 11.8 Å². The molecule has 0 aliphatic heterocycles. The molecule has 4 nitrogen and oxygen atoms in total. The Kier molecular flexibility index (Phi) is 5.21. The molecule has 0 saturated heterocycles. The standard InChI is InChI=1S/C10H13BrN2O2S/c1-3-6(2)16-5-8-12-4-7(11)9(13-8)10(14)15/h4,6H,3,5H2,1-2H3,(H,14,15). The van der Waals surface area contributed by atoms with Gasteiger partial charge in [-0.25, -0.2) is 14.8 Å². The van der Waals surface area contributed by atoms with Crippen LogP contribution >= 0.6 is 27.7 Å². The van der Waals surface area contributed by atoms with E-state index in [0.717, 1.165) is 6.42 Å². The monoisotopic (exact) mass is 304 g/mol. The third kappa shape index (κ3) is 3.75. The number of halogens is 1. The fraction of sp³-hybridized carbons (Fsp3) is 0.500. The van der Waals surface area contributed by atoms with E-state index >= 15 is 0 Å². The maximum Gasteiger partial charge on any atom is 0.355 e. The molecule has 0 spiro atoms. The third-order valence-electron chi connectivity index (χ3n) is 2.07. The number of hydrogen-bond acceptors (Lipinski definition) is 4. The van der Waals surface area contributed by atoms with Gasteiger partial charge in [0.2, 0.25) is 0 Å². The van der Waals surface area contributed by atoms with E-state index in [-0.39, 0.29) is 5.69 Å². The minimum Gasteiger partial charge on any atom is -0.476 e. The lowest BCUT2D eigenvalue weighted by Gasteiger charge is -2.07. The first-order valence-corrected chi connectivity index (χ1v) is 6.75. The molecule has 1 aromatic heterocycles. The molecule has 0 radical (unpaired) electrons. The number of carboxylic acid groups (broad SMARTS) is 1. The molecule has 0 saturated carbocycles. The highest BCUT2D eigenvalue weighted by molar-refractivity contribution is 9.10. The molecule has 1 unspecified atom stereocenters. The van der Waals surface area contributed by atoms with Crippen LogP contribution in [0, 0.1) is 0 Å². The van der Waals surface area contributed by atoms with Gasteiger partial charge in [-0.1, -0.05) is 13.8 Å². The van der Waals surface area contributed by atoms with Gasteiger partial charge in [-0.15, -0.1) is 0 Å². The lowest BCUT2D eigenvalue weighted by Crippen LogP contribution is -2.06. The normalized spacial score (nSPS) is 12.4. The molecule has 1 N–H and O–H groups in total. The summed E-state index contributed by atoms with van der Waals surface area (Å²) in [6.45, 7) is 4.24. The van der Waals surface area contributed by atoms with E-state index in [0.29, 0.717) is 21.3 Å². The van der Waals surface area contributed by atoms with Gasteiger partial charge < -0.3 is 5.11 Å². The van der Waals surface area contributed by atoms with E-state index in [1.807, 2.05) is 0 Å². The maximum atomic E-state index is 10.8. The Morgan fingerprint density at radius 3 is 2.94 bits per heavy atom. The molecule has 1 atom stereocenters. The zero-order valence-electron chi connectivity index (χ0n) is 9.11. The van der Waals surface area contributed by atoms with Crippen molar-refractivity contribution in [3.63, 3.8) is 0 Å². The molecule has 0 bridgehead atoms. The number of aromatic nitrogens is 2. The van der Waals surface area contributed by atoms with E-state index in [9.17, 15) is 4.79 Å². The van der Waals surface area contributed by atoms with Crippen molar-refractivity contribution in [2.24, 2.45) is 0 Å². The Labute approximate surface area is 107 Å². The van der Waals surface area contributed by atoms with Crippen molar-refractivity contribution in [3.05, 3.63) is 22.2 Å². The molecule has 1 rings (SSSR count). The van der Waals surface area contributed by atoms with Crippen LogP contribution in [-0.2, 0) is 5.75 Å². The Hall–Kier alpha value is -0.620. The maximum absolute atomic E-state index is 10.8. The van der Waals surface area contributed by atoms with Gasteiger partial charge in [0.1, 0.15) is 5.82 Å². The molecule has 0 amide bonds. The number of hydrogen-bond donors (Lipinski definition) is 1. The predicted octanol–water partition coefficient (Wildman–Crippen LogP) is 2.97. The van der Waals surface area contributed by atoms with Crippen LogP contribution in [0.15, 0.2) is 10.7 Å². The summed E-state index contributed by atoms with van der Waals surface area (Å²) < 4.78 is 0.414. The SMILES string of the molecule is CCC(C)SCc1ncc(Br)c(C(=O)O)n1. The zero-order chi connectivity index (χ0) is 12.1. The summed E-state index contributed by atoms with van der Waals surface area (Å²) in [5.41, 5.74) is 0.0229. The van der Waals surface area contributed by atoms with Crippen LogP contribution in [0.4, 0.5) is 0 Å². The molecule has 1 heterocycles. The van der Waals surface area contributed by atoms with E-state index < -0.39 is 5.97 Å². The van der Waals surface area contributed by atoms with Crippen LogP contribution in [0.5, 0.6) is 0 Å². The van der Waals surface area contributed by atoms with Crippen LogP contribution in [0.3, 0.4) is 0 Å². The molecule has 1 aromatic rings. The van der Waals surface area contributed by atoms with Gasteiger partial charge in [-0.05, 0) is 22.4 Å². The molecule has 6 heteroatoms. The van der Waals surface area contributed by atoms with Gasteiger partial charge >= 0.3 is 5.97 Å². The number of aromatic carboxylic acids is 1. The van der Waals surface area contributed by atoms with Crippen LogP contribution in [0.2, 0.25) is 0 Å². The average molecular weight is 305 g/mol. The summed E-state index contributed by atoms with van der Waals surface area (Å²) in [4.78, 5) is 18.9. The summed E-state index contributed by atoms with van der Waals surface area (Å²) in [6.07, 6.45) is 2.57. The van der Waals surface area contributed by atoms with Crippen molar-refractivity contribution in [3.8, 4) is 0 Å². The first-order chi connectivity index (χ1) is 7.54. The summed E-state index contributed by atoms with van der Waals surface area (Å²) in [7, 11) is 0. The van der Waals surface area contributed by atoms with Crippen LogP contribution in [-0.4, -0.2) is 26.3 Å². The first-order valence-electron chi connectivity index (χ1n) is 4.91. The number of nitrogens with zero attached hydrogens (tertiary/aromatic N) is 2. The fourth-order valence-corrected chi connectivity index (χ4v) is 2.13. The Balaban J connectivity index is 2.75. The Bertz CT molecular complexity index is 387. The summed E-state index contributed by atoms with van der Waals surface area (Å²) >= 11 is 4.83. The third-order valence-corrected chi connectivity index (χ3v) is 3.98.